The van der Waals surface area contributed by atoms with Crippen LogP contribution in [-0.4, -0.2) is 11.9 Å². The first-order valence-electron chi connectivity index (χ1n) is 6.14. The highest BCUT2D eigenvalue weighted by molar-refractivity contribution is 6.23. The zero-order valence-electron chi connectivity index (χ0n) is 10.2. The molecular formula is C15H13ClN2O. The Morgan fingerprint density at radius 3 is 1.79 bits per heavy atom. The van der Waals surface area contributed by atoms with E-state index in [2.05, 4.69) is 34.5 Å². The first-order chi connectivity index (χ1) is 9.27. The van der Waals surface area contributed by atoms with Crippen LogP contribution in [0.15, 0.2) is 70.9 Å². The second-order valence-electron chi connectivity index (χ2n) is 4.41. The molecule has 0 atom stereocenters. The maximum atomic E-state index is 5.91. The molecule has 4 heteroatoms. The summed E-state index contributed by atoms with van der Waals surface area (Å²) in [5.41, 5.74) is 2.38. The van der Waals surface area contributed by atoms with Crippen LogP contribution in [0.3, 0.4) is 0 Å². The summed E-state index contributed by atoms with van der Waals surface area (Å²) in [6, 6.07) is 20.4. The smallest absolute Gasteiger partial charge is 0.319 e. The molecule has 0 saturated heterocycles. The van der Waals surface area contributed by atoms with Crippen LogP contribution in [0.1, 0.15) is 17.0 Å². The minimum Gasteiger partial charge on any atom is -0.319 e. The van der Waals surface area contributed by atoms with Crippen LogP contribution in [-0.2, 0) is 4.74 Å². The highest BCUT2D eigenvalue weighted by Gasteiger charge is 2.39. The molecule has 2 aromatic rings. The number of nitrogens with zero attached hydrogens (tertiary/aromatic N) is 2. The third-order valence-corrected chi connectivity index (χ3v) is 3.36. The van der Waals surface area contributed by atoms with Crippen LogP contribution in [0.4, 0.5) is 0 Å². The molecule has 0 aliphatic carbocycles. The lowest BCUT2D eigenvalue weighted by molar-refractivity contribution is 0.0728. The molecule has 0 bridgehead atoms. The van der Waals surface area contributed by atoms with Gasteiger partial charge in [0.2, 0.25) is 0 Å². The average molecular weight is 273 g/mol. The summed E-state index contributed by atoms with van der Waals surface area (Å²) < 4.78 is 5.54. The number of ether oxygens (including phenoxy) is 1. The van der Waals surface area contributed by atoms with Gasteiger partial charge in [0.05, 0.1) is 6.61 Å². The molecule has 0 N–H and O–H groups in total. The lowest BCUT2D eigenvalue weighted by Gasteiger charge is -2.18. The maximum absolute atomic E-state index is 5.91. The van der Waals surface area contributed by atoms with Gasteiger partial charge in [0, 0.05) is 5.92 Å². The lowest BCUT2D eigenvalue weighted by atomic mass is 9.92. The lowest BCUT2D eigenvalue weighted by Crippen LogP contribution is -2.15. The van der Waals surface area contributed by atoms with E-state index in [-0.39, 0.29) is 5.92 Å². The summed E-state index contributed by atoms with van der Waals surface area (Å²) in [5, 5.41) is 6.19. The average Bonchev–Trinajstić information content (AvgIpc) is 3.20. The topological polar surface area (TPSA) is 34.0 Å². The molecular weight excluding hydrogens is 260 g/mol. The molecule has 0 radical (unpaired) electrons. The molecule has 0 unspecified atom stereocenters. The Morgan fingerprint density at radius 1 is 0.895 bits per heavy atom. The summed E-state index contributed by atoms with van der Waals surface area (Å²) in [4.78, 5) is 0. The zero-order chi connectivity index (χ0) is 13.1. The largest absolute Gasteiger partial charge is 0.375 e. The summed E-state index contributed by atoms with van der Waals surface area (Å²) in [7, 11) is 0. The second-order valence-corrected chi connectivity index (χ2v) is 4.91. The number of hydrogen-bond acceptors (Lipinski definition) is 3. The van der Waals surface area contributed by atoms with Crippen LogP contribution in [0, 0.1) is 0 Å². The Bertz CT molecular complexity index is 526. The highest BCUT2D eigenvalue weighted by atomic mass is 35.5. The van der Waals surface area contributed by atoms with E-state index < -0.39 is 5.31 Å². The Balaban J connectivity index is 1.83. The predicted octanol–water partition coefficient (Wildman–Crippen LogP) is 4.15. The van der Waals surface area contributed by atoms with Gasteiger partial charge in [0.1, 0.15) is 0 Å². The Kier molecular flexibility index (Phi) is 3.32. The van der Waals surface area contributed by atoms with Gasteiger partial charge >= 0.3 is 5.31 Å². The van der Waals surface area contributed by atoms with Crippen molar-refractivity contribution in [2.75, 3.05) is 6.61 Å². The van der Waals surface area contributed by atoms with Crippen molar-refractivity contribution in [3.63, 3.8) is 0 Å². The predicted molar refractivity (Wildman–Crippen MR) is 74.1 cm³/mol. The van der Waals surface area contributed by atoms with Crippen LogP contribution in [0.5, 0.6) is 0 Å². The van der Waals surface area contributed by atoms with E-state index in [1.165, 1.54) is 11.1 Å². The summed E-state index contributed by atoms with van der Waals surface area (Å²) in [6.45, 7) is 0.449. The van der Waals surface area contributed by atoms with Crippen LogP contribution in [0.25, 0.3) is 0 Å². The van der Waals surface area contributed by atoms with Crippen LogP contribution >= 0.6 is 11.6 Å². The molecule has 0 saturated carbocycles. The van der Waals surface area contributed by atoms with Crippen molar-refractivity contribution in [1.82, 2.24) is 0 Å². The molecule has 1 aliphatic heterocycles. The van der Waals surface area contributed by atoms with E-state index in [4.69, 9.17) is 16.3 Å². The first kappa shape index (κ1) is 12.3. The van der Waals surface area contributed by atoms with Crippen molar-refractivity contribution in [2.24, 2.45) is 10.2 Å². The molecule has 0 fully saturated rings. The number of benzene rings is 2. The molecule has 3 rings (SSSR count). The monoisotopic (exact) mass is 272 g/mol. The third kappa shape index (κ3) is 3.00. The van der Waals surface area contributed by atoms with Crippen molar-refractivity contribution in [2.45, 2.75) is 11.2 Å². The Labute approximate surface area is 116 Å². The molecule has 0 spiro atoms. The van der Waals surface area contributed by atoms with Gasteiger partial charge in [-0.2, -0.15) is 0 Å². The maximum Gasteiger partial charge on any atom is 0.375 e. The van der Waals surface area contributed by atoms with Gasteiger partial charge in [0.15, 0.2) is 0 Å². The Hall–Kier alpha value is -1.71. The minimum absolute atomic E-state index is 0.129. The quantitative estimate of drug-likeness (QED) is 0.595. The molecule has 0 amide bonds. The number of hydrogen-bond donors (Lipinski definition) is 0. The highest BCUT2D eigenvalue weighted by Crippen LogP contribution is 2.36. The molecule has 96 valence electrons. The third-order valence-electron chi connectivity index (χ3n) is 3.09. The summed E-state index contributed by atoms with van der Waals surface area (Å²) in [5.74, 6) is 0.129. The first-order valence-corrected chi connectivity index (χ1v) is 6.51. The molecule has 1 aliphatic rings. The van der Waals surface area contributed by atoms with E-state index in [9.17, 15) is 0 Å². The summed E-state index contributed by atoms with van der Waals surface area (Å²) in [6.07, 6.45) is 0. The van der Waals surface area contributed by atoms with Gasteiger partial charge in [-0.15, -0.1) is 10.2 Å². The number of alkyl halides is 1. The van der Waals surface area contributed by atoms with Gasteiger partial charge in [-0.25, -0.2) is 0 Å². The normalized spacial score (nSPS) is 15.7. The standard InChI is InChI=1S/C15H13ClN2O/c16-15(17-18-15)19-11-14(12-7-3-1-4-8-12)13-9-5-2-6-10-13/h1-10,14H,11H2. The van der Waals surface area contributed by atoms with Crippen molar-refractivity contribution in [3.8, 4) is 0 Å². The number of rotatable bonds is 5. The molecule has 3 nitrogen and oxygen atoms in total. The molecule has 1 heterocycles. The minimum atomic E-state index is -1.14. The van der Waals surface area contributed by atoms with Crippen molar-refractivity contribution in [3.05, 3.63) is 71.8 Å². The molecule has 2 aromatic carbocycles. The fourth-order valence-electron chi connectivity index (χ4n) is 2.04. The molecule has 19 heavy (non-hydrogen) atoms. The fourth-order valence-corrected chi connectivity index (χ4v) is 2.14. The van der Waals surface area contributed by atoms with Gasteiger partial charge in [0.25, 0.3) is 0 Å². The van der Waals surface area contributed by atoms with Gasteiger partial charge in [-0.3, -0.25) is 0 Å². The van der Waals surface area contributed by atoms with Gasteiger partial charge in [-0.05, 0) is 22.7 Å². The zero-order valence-corrected chi connectivity index (χ0v) is 11.0. The van der Waals surface area contributed by atoms with E-state index in [1.807, 2.05) is 36.4 Å². The van der Waals surface area contributed by atoms with E-state index in [0.29, 0.717) is 6.61 Å². The second kappa shape index (κ2) is 5.11. The summed E-state index contributed by atoms with van der Waals surface area (Å²) >= 11 is 5.91. The van der Waals surface area contributed by atoms with E-state index in [1.54, 1.807) is 0 Å². The van der Waals surface area contributed by atoms with Crippen LogP contribution in [0.2, 0.25) is 0 Å². The van der Waals surface area contributed by atoms with Gasteiger partial charge < -0.3 is 4.74 Å². The van der Waals surface area contributed by atoms with Crippen molar-refractivity contribution in [1.29, 1.82) is 0 Å². The SMILES string of the molecule is ClC1(OCC(c2ccccc2)c2ccccc2)N=N1. The molecule has 0 aromatic heterocycles. The van der Waals surface area contributed by atoms with E-state index >= 15 is 0 Å². The fraction of sp³-hybridized carbons (Fsp3) is 0.200. The van der Waals surface area contributed by atoms with Crippen LogP contribution < -0.4 is 0 Å². The van der Waals surface area contributed by atoms with Gasteiger partial charge in [-0.1, -0.05) is 60.7 Å². The van der Waals surface area contributed by atoms with Crippen molar-refractivity contribution < 1.29 is 4.74 Å². The number of halogens is 1. The van der Waals surface area contributed by atoms with E-state index in [0.717, 1.165) is 0 Å². The Morgan fingerprint density at radius 2 is 1.37 bits per heavy atom. The van der Waals surface area contributed by atoms with Crippen molar-refractivity contribution >= 4 is 11.6 Å².